The Balaban J connectivity index is 1.20. The Morgan fingerprint density at radius 3 is 1.16 bits per heavy atom. The predicted octanol–water partition coefficient (Wildman–Crippen LogP) is 7.34. The van der Waals surface area contributed by atoms with E-state index < -0.39 is 0 Å². The predicted molar refractivity (Wildman–Crippen MR) is 175 cm³/mol. The molecule has 0 saturated carbocycles. The van der Waals surface area contributed by atoms with Crippen LogP contribution in [-0.2, 0) is 39.3 Å². The van der Waals surface area contributed by atoms with Gasteiger partial charge in [0.2, 0.25) is 0 Å². The summed E-state index contributed by atoms with van der Waals surface area (Å²) in [6.45, 7) is 4.50. The van der Waals surface area contributed by atoms with Gasteiger partial charge < -0.3 is 0 Å². The molecule has 218 valence electrons. The second kappa shape index (κ2) is 14.9. The first-order valence-electron chi connectivity index (χ1n) is 15.0. The third kappa shape index (κ3) is 8.51. The standard InChI is InChI=1S/C38H36N6/c1-3-13-31(14-4-1)25-43(26-32-15-5-2-6-16-32)29-35-19-11-21-37(41-35)38-22-12-20-36(42-38)30-44(27-33-17-7-9-23-39-33)28-34-18-8-10-24-40-34/h1-24H,25-30H2. The van der Waals surface area contributed by atoms with E-state index >= 15 is 0 Å². The van der Waals surface area contributed by atoms with Crippen molar-refractivity contribution in [3.63, 3.8) is 0 Å². The van der Waals surface area contributed by atoms with Crippen LogP contribution in [0.15, 0.2) is 146 Å². The smallest absolute Gasteiger partial charge is 0.0890 e. The molecular weight excluding hydrogens is 540 g/mol. The molecule has 4 aromatic heterocycles. The fourth-order valence-corrected chi connectivity index (χ4v) is 5.34. The second-order valence-corrected chi connectivity index (χ2v) is 10.9. The maximum atomic E-state index is 5.08. The highest BCUT2D eigenvalue weighted by molar-refractivity contribution is 5.54. The molecule has 4 heterocycles. The Kier molecular flexibility index (Phi) is 9.85. The number of benzene rings is 2. The van der Waals surface area contributed by atoms with E-state index in [1.54, 1.807) is 0 Å². The minimum Gasteiger partial charge on any atom is -0.289 e. The molecule has 6 heteroatoms. The molecular formula is C38H36N6. The normalized spacial score (nSPS) is 11.2. The van der Waals surface area contributed by atoms with Crippen molar-refractivity contribution in [3.05, 3.63) is 180 Å². The zero-order valence-corrected chi connectivity index (χ0v) is 24.8. The highest BCUT2D eigenvalue weighted by Crippen LogP contribution is 2.20. The summed E-state index contributed by atoms with van der Waals surface area (Å²) in [6.07, 6.45) is 3.68. The highest BCUT2D eigenvalue weighted by Gasteiger charge is 2.14. The fourth-order valence-electron chi connectivity index (χ4n) is 5.34. The van der Waals surface area contributed by atoms with Gasteiger partial charge in [-0.1, -0.05) is 84.9 Å². The van der Waals surface area contributed by atoms with Gasteiger partial charge in [-0.2, -0.15) is 0 Å². The van der Waals surface area contributed by atoms with Crippen molar-refractivity contribution in [2.24, 2.45) is 0 Å². The molecule has 6 aromatic rings. The zero-order chi connectivity index (χ0) is 29.8. The summed E-state index contributed by atoms with van der Waals surface area (Å²) < 4.78 is 0. The average molecular weight is 577 g/mol. The van der Waals surface area contributed by atoms with E-state index in [0.717, 1.165) is 53.8 Å². The summed E-state index contributed by atoms with van der Waals surface area (Å²) in [6, 6.07) is 45.8. The Morgan fingerprint density at radius 1 is 0.341 bits per heavy atom. The molecule has 0 N–H and O–H groups in total. The van der Waals surface area contributed by atoms with Gasteiger partial charge in [0, 0.05) is 51.7 Å². The molecule has 0 aliphatic carbocycles. The van der Waals surface area contributed by atoms with Gasteiger partial charge in [0.05, 0.1) is 34.2 Å². The van der Waals surface area contributed by atoms with Crippen LogP contribution >= 0.6 is 0 Å². The molecule has 0 amide bonds. The summed E-state index contributed by atoms with van der Waals surface area (Å²) in [4.78, 5) is 24.0. The molecule has 0 aliphatic heterocycles. The topological polar surface area (TPSA) is 58.0 Å². The van der Waals surface area contributed by atoms with Crippen LogP contribution in [0.1, 0.15) is 33.9 Å². The number of aromatic nitrogens is 4. The summed E-state index contributed by atoms with van der Waals surface area (Å²) in [5.74, 6) is 0. The molecule has 44 heavy (non-hydrogen) atoms. The average Bonchev–Trinajstić information content (AvgIpc) is 3.07. The molecule has 0 unspecified atom stereocenters. The van der Waals surface area contributed by atoms with Gasteiger partial charge >= 0.3 is 0 Å². The van der Waals surface area contributed by atoms with Crippen molar-refractivity contribution in [2.75, 3.05) is 0 Å². The van der Waals surface area contributed by atoms with Crippen LogP contribution < -0.4 is 0 Å². The van der Waals surface area contributed by atoms with Gasteiger partial charge in [0.25, 0.3) is 0 Å². The molecule has 0 fully saturated rings. The molecule has 0 spiro atoms. The Labute approximate surface area is 259 Å². The van der Waals surface area contributed by atoms with Crippen LogP contribution in [0.5, 0.6) is 0 Å². The lowest BCUT2D eigenvalue weighted by atomic mass is 10.1. The third-order valence-corrected chi connectivity index (χ3v) is 7.37. The van der Waals surface area contributed by atoms with Gasteiger partial charge in [0.1, 0.15) is 0 Å². The second-order valence-electron chi connectivity index (χ2n) is 10.9. The van der Waals surface area contributed by atoms with Crippen LogP contribution in [-0.4, -0.2) is 29.7 Å². The van der Waals surface area contributed by atoms with Gasteiger partial charge in [0.15, 0.2) is 0 Å². The van der Waals surface area contributed by atoms with E-state index in [1.165, 1.54) is 11.1 Å². The Hall–Kier alpha value is -5.04. The van der Waals surface area contributed by atoms with Gasteiger partial charge in [-0.15, -0.1) is 0 Å². The maximum Gasteiger partial charge on any atom is 0.0890 e. The fraction of sp³-hybridized carbons (Fsp3) is 0.158. The van der Waals surface area contributed by atoms with E-state index in [1.807, 2.05) is 48.8 Å². The van der Waals surface area contributed by atoms with Crippen LogP contribution in [0.2, 0.25) is 0 Å². The molecule has 6 rings (SSSR count). The third-order valence-electron chi connectivity index (χ3n) is 7.37. The lowest BCUT2D eigenvalue weighted by Crippen LogP contribution is -2.24. The Morgan fingerprint density at radius 2 is 0.727 bits per heavy atom. The van der Waals surface area contributed by atoms with E-state index in [4.69, 9.17) is 9.97 Å². The van der Waals surface area contributed by atoms with Crippen LogP contribution in [0, 0.1) is 0 Å². The van der Waals surface area contributed by atoms with Crippen LogP contribution in [0.4, 0.5) is 0 Å². The van der Waals surface area contributed by atoms with Gasteiger partial charge in [-0.05, 0) is 59.7 Å². The lowest BCUT2D eigenvalue weighted by Gasteiger charge is -2.23. The van der Waals surface area contributed by atoms with Crippen LogP contribution in [0.25, 0.3) is 11.4 Å². The van der Waals surface area contributed by atoms with Gasteiger partial charge in [-0.25, -0.2) is 9.97 Å². The maximum absolute atomic E-state index is 5.08. The van der Waals surface area contributed by atoms with Crippen molar-refractivity contribution in [3.8, 4) is 11.4 Å². The molecule has 6 nitrogen and oxygen atoms in total. The van der Waals surface area contributed by atoms with Crippen molar-refractivity contribution in [1.82, 2.24) is 29.7 Å². The van der Waals surface area contributed by atoms with Crippen molar-refractivity contribution in [2.45, 2.75) is 39.3 Å². The summed E-state index contributed by atoms with van der Waals surface area (Å²) >= 11 is 0. The van der Waals surface area contributed by atoms with Crippen molar-refractivity contribution < 1.29 is 0 Å². The zero-order valence-electron chi connectivity index (χ0n) is 24.8. The molecule has 0 aliphatic rings. The molecule has 0 atom stereocenters. The lowest BCUT2D eigenvalue weighted by molar-refractivity contribution is 0.239. The molecule has 0 saturated heterocycles. The first kappa shape index (κ1) is 29.1. The number of pyridine rings is 4. The molecule has 0 radical (unpaired) electrons. The summed E-state index contributed by atoms with van der Waals surface area (Å²) in [5.41, 5.74) is 8.37. The van der Waals surface area contributed by atoms with Crippen molar-refractivity contribution in [1.29, 1.82) is 0 Å². The minimum absolute atomic E-state index is 0.669. The largest absolute Gasteiger partial charge is 0.289 e. The number of nitrogens with zero attached hydrogens (tertiary/aromatic N) is 6. The molecule has 2 aromatic carbocycles. The minimum atomic E-state index is 0.669. The SMILES string of the molecule is c1ccc(CN(Cc2ccccc2)Cc2cccc(-c3cccc(CN(Cc4ccccn4)Cc4ccccn4)n3)n2)cc1. The highest BCUT2D eigenvalue weighted by atomic mass is 15.1. The number of hydrogen-bond donors (Lipinski definition) is 0. The summed E-state index contributed by atoms with van der Waals surface area (Å²) in [5, 5.41) is 0. The number of rotatable bonds is 13. The first-order chi connectivity index (χ1) is 21.8. The van der Waals surface area contributed by atoms with Gasteiger partial charge in [-0.3, -0.25) is 19.8 Å². The van der Waals surface area contributed by atoms with E-state index in [-0.39, 0.29) is 0 Å². The molecule has 0 bridgehead atoms. The van der Waals surface area contributed by atoms with E-state index in [0.29, 0.717) is 19.6 Å². The summed E-state index contributed by atoms with van der Waals surface area (Å²) in [7, 11) is 0. The van der Waals surface area contributed by atoms with Crippen molar-refractivity contribution >= 4 is 0 Å². The quantitative estimate of drug-likeness (QED) is 0.143. The first-order valence-corrected chi connectivity index (χ1v) is 15.0. The monoisotopic (exact) mass is 576 g/mol. The van der Waals surface area contributed by atoms with Crippen LogP contribution in [0.3, 0.4) is 0 Å². The van der Waals surface area contributed by atoms with E-state index in [9.17, 15) is 0 Å². The van der Waals surface area contributed by atoms with E-state index in [2.05, 4.69) is 117 Å². The number of hydrogen-bond acceptors (Lipinski definition) is 6. The Bertz CT molecular complexity index is 1500.